The van der Waals surface area contributed by atoms with Gasteiger partial charge in [0.1, 0.15) is 5.82 Å². The Labute approximate surface area is 159 Å². The Morgan fingerprint density at radius 2 is 2.04 bits per heavy atom. The molecule has 1 atom stereocenters. The molecule has 0 radical (unpaired) electrons. The van der Waals surface area contributed by atoms with Gasteiger partial charge in [-0.2, -0.15) is 4.98 Å². The topological polar surface area (TPSA) is 166 Å². The highest BCUT2D eigenvalue weighted by Gasteiger charge is 2.09. The van der Waals surface area contributed by atoms with Crippen LogP contribution >= 0.6 is 0 Å². The molecule has 152 valence electrons. The first-order chi connectivity index (χ1) is 12.9. The van der Waals surface area contributed by atoms with Crippen LogP contribution in [0.3, 0.4) is 0 Å². The van der Waals surface area contributed by atoms with E-state index in [0.717, 1.165) is 38.6 Å². The molecule has 1 heterocycles. The van der Waals surface area contributed by atoms with E-state index in [1.807, 2.05) is 0 Å². The zero-order valence-corrected chi connectivity index (χ0v) is 16.0. The van der Waals surface area contributed by atoms with E-state index in [1.165, 1.54) is 6.92 Å². The fourth-order valence-electron chi connectivity index (χ4n) is 2.66. The second-order valence-electron chi connectivity index (χ2n) is 6.35. The summed E-state index contributed by atoms with van der Waals surface area (Å²) in [7, 11) is 0. The normalized spacial score (nSPS) is 11.8. The van der Waals surface area contributed by atoms with E-state index in [1.54, 1.807) is 16.8 Å². The maximum absolute atomic E-state index is 12.0. The summed E-state index contributed by atoms with van der Waals surface area (Å²) in [6, 6.07) is 1.93. The molecule has 1 aromatic rings. The van der Waals surface area contributed by atoms with Crippen molar-refractivity contribution in [3.05, 3.63) is 22.7 Å². The maximum atomic E-state index is 12.0. The van der Waals surface area contributed by atoms with Crippen LogP contribution in [-0.4, -0.2) is 47.1 Å². The van der Waals surface area contributed by atoms with Crippen LogP contribution in [-0.2, 0) is 11.3 Å². The Kier molecular flexibility index (Phi) is 10.7. The lowest BCUT2D eigenvalue weighted by Gasteiger charge is -2.18. The van der Waals surface area contributed by atoms with Crippen LogP contribution in [0.5, 0.6) is 0 Å². The van der Waals surface area contributed by atoms with Gasteiger partial charge in [0.2, 0.25) is 5.91 Å². The SMILES string of the molecule is CC(=O)Nc1ccn(CCC[C@H](CCCN=C(N)N)NCCCN)c(=O)n1. The first-order valence-electron chi connectivity index (χ1n) is 9.26. The number of aryl methyl sites for hydroxylation is 1. The van der Waals surface area contributed by atoms with E-state index in [2.05, 4.69) is 20.6 Å². The molecule has 0 aliphatic heterocycles. The molecule has 0 spiro atoms. The summed E-state index contributed by atoms with van der Waals surface area (Å²) in [6.07, 6.45) is 6.12. The molecule has 1 aromatic heterocycles. The third-order valence-electron chi connectivity index (χ3n) is 3.95. The van der Waals surface area contributed by atoms with Gasteiger partial charge >= 0.3 is 5.69 Å². The molecule has 10 nitrogen and oxygen atoms in total. The number of nitrogens with two attached hydrogens (primary N) is 3. The average Bonchev–Trinajstić information content (AvgIpc) is 2.59. The Balaban J connectivity index is 2.49. The summed E-state index contributed by atoms with van der Waals surface area (Å²) >= 11 is 0. The number of aromatic nitrogens is 2. The van der Waals surface area contributed by atoms with Gasteiger partial charge in [-0.05, 0) is 51.3 Å². The standard InChI is InChI=1S/C17H32N8O2/c1-13(26)23-15-7-12-25(17(27)24-15)11-3-6-14(21-10-4-8-18)5-2-9-22-16(19)20/h7,12,14,21H,2-6,8-11,18H2,1H3,(H4,19,20,22)(H,23,24,26,27)/t14-/m0/s1. The molecular weight excluding hydrogens is 348 g/mol. The highest BCUT2D eigenvalue weighted by atomic mass is 16.2. The number of rotatable bonds is 13. The molecule has 0 fully saturated rings. The number of hydrogen-bond acceptors (Lipinski definition) is 6. The number of nitrogens with zero attached hydrogens (tertiary/aromatic N) is 3. The second-order valence-corrected chi connectivity index (χ2v) is 6.35. The van der Waals surface area contributed by atoms with E-state index in [-0.39, 0.29) is 23.4 Å². The van der Waals surface area contributed by atoms with Crippen LogP contribution < -0.4 is 33.5 Å². The van der Waals surface area contributed by atoms with Gasteiger partial charge < -0.3 is 27.8 Å². The number of carbonyl (C=O) groups excluding carboxylic acids is 1. The molecular formula is C17H32N8O2. The maximum Gasteiger partial charge on any atom is 0.349 e. The van der Waals surface area contributed by atoms with Crippen molar-refractivity contribution in [1.82, 2.24) is 14.9 Å². The van der Waals surface area contributed by atoms with E-state index in [9.17, 15) is 9.59 Å². The van der Waals surface area contributed by atoms with E-state index >= 15 is 0 Å². The molecule has 1 amide bonds. The molecule has 0 saturated heterocycles. The van der Waals surface area contributed by atoms with Crippen LogP contribution in [0, 0.1) is 0 Å². The van der Waals surface area contributed by atoms with Crippen LogP contribution in [0.2, 0.25) is 0 Å². The van der Waals surface area contributed by atoms with Crippen molar-refractivity contribution in [2.45, 2.75) is 51.6 Å². The quantitative estimate of drug-likeness (QED) is 0.172. The minimum Gasteiger partial charge on any atom is -0.370 e. The Bertz CT molecular complexity index is 655. The third-order valence-corrected chi connectivity index (χ3v) is 3.95. The van der Waals surface area contributed by atoms with E-state index in [0.29, 0.717) is 25.7 Å². The fourth-order valence-corrected chi connectivity index (χ4v) is 2.66. The highest BCUT2D eigenvalue weighted by Crippen LogP contribution is 2.07. The molecule has 0 bridgehead atoms. The number of carbonyl (C=O) groups is 1. The first kappa shape index (κ1) is 22.6. The lowest BCUT2D eigenvalue weighted by molar-refractivity contribution is -0.114. The molecule has 27 heavy (non-hydrogen) atoms. The lowest BCUT2D eigenvalue weighted by Crippen LogP contribution is -2.32. The van der Waals surface area contributed by atoms with Crippen LogP contribution in [0.1, 0.15) is 39.0 Å². The summed E-state index contributed by atoms with van der Waals surface area (Å²) in [5.74, 6) is 0.119. The number of aliphatic imine (C=N–C) groups is 1. The average molecular weight is 380 g/mol. The van der Waals surface area contributed by atoms with Crippen LogP contribution in [0.4, 0.5) is 5.82 Å². The van der Waals surface area contributed by atoms with Gasteiger partial charge in [0.05, 0.1) is 0 Å². The molecule has 0 aliphatic rings. The zero-order valence-electron chi connectivity index (χ0n) is 16.0. The summed E-state index contributed by atoms with van der Waals surface area (Å²) in [5, 5.41) is 6.00. The Morgan fingerprint density at radius 3 is 2.67 bits per heavy atom. The third kappa shape index (κ3) is 10.3. The molecule has 0 saturated carbocycles. The Hall–Kier alpha value is -2.46. The predicted octanol–water partition coefficient (Wildman–Crippen LogP) is -0.657. The van der Waals surface area contributed by atoms with Gasteiger partial charge in [-0.1, -0.05) is 0 Å². The van der Waals surface area contributed by atoms with E-state index in [4.69, 9.17) is 17.2 Å². The molecule has 0 aliphatic carbocycles. The summed E-state index contributed by atoms with van der Waals surface area (Å²) in [5.41, 5.74) is 15.9. The van der Waals surface area contributed by atoms with Crippen molar-refractivity contribution in [3.63, 3.8) is 0 Å². The van der Waals surface area contributed by atoms with Gasteiger partial charge in [-0.15, -0.1) is 0 Å². The lowest BCUT2D eigenvalue weighted by atomic mass is 10.1. The molecule has 1 rings (SSSR count). The summed E-state index contributed by atoms with van der Waals surface area (Å²) < 4.78 is 1.54. The Morgan fingerprint density at radius 1 is 1.30 bits per heavy atom. The van der Waals surface area contributed by atoms with Crippen molar-refractivity contribution in [1.29, 1.82) is 0 Å². The van der Waals surface area contributed by atoms with Crippen molar-refractivity contribution >= 4 is 17.7 Å². The monoisotopic (exact) mass is 380 g/mol. The second kappa shape index (κ2) is 12.8. The fraction of sp³-hybridized carbons (Fsp3) is 0.647. The van der Waals surface area contributed by atoms with Crippen LogP contribution in [0.15, 0.2) is 22.1 Å². The minimum absolute atomic E-state index is 0.109. The van der Waals surface area contributed by atoms with Gasteiger partial charge in [0.15, 0.2) is 5.96 Å². The molecule has 8 N–H and O–H groups in total. The smallest absolute Gasteiger partial charge is 0.349 e. The first-order valence-corrected chi connectivity index (χ1v) is 9.26. The van der Waals surface area contributed by atoms with Gasteiger partial charge in [0, 0.05) is 32.3 Å². The summed E-state index contributed by atoms with van der Waals surface area (Å²) in [6.45, 7) is 4.05. The number of hydrogen-bond donors (Lipinski definition) is 5. The van der Waals surface area contributed by atoms with Gasteiger partial charge in [-0.3, -0.25) is 14.4 Å². The molecule has 10 heteroatoms. The van der Waals surface area contributed by atoms with E-state index < -0.39 is 0 Å². The summed E-state index contributed by atoms with van der Waals surface area (Å²) in [4.78, 5) is 30.9. The molecule has 0 aromatic carbocycles. The van der Waals surface area contributed by atoms with Crippen molar-refractivity contribution in [2.75, 3.05) is 25.0 Å². The van der Waals surface area contributed by atoms with Gasteiger partial charge in [0.25, 0.3) is 0 Å². The number of nitrogens with one attached hydrogen (secondary N) is 2. The largest absolute Gasteiger partial charge is 0.370 e. The number of amides is 1. The highest BCUT2D eigenvalue weighted by molar-refractivity contribution is 5.87. The minimum atomic E-state index is -0.373. The van der Waals surface area contributed by atoms with Crippen molar-refractivity contribution in [3.8, 4) is 0 Å². The van der Waals surface area contributed by atoms with Crippen LogP contribution in [0.25, 0.3) is 0 Å². The van der Waals surface area contributed by atoms with Crippen molar-refractivity contribution < 1.29 is 4.79 Å². The number of guanidine groups is 1. The number of anilines is 1. The van der Waals surface area contributed by atoms with Crippen molar-refractivity contribution in [2.24, 2.45) is 22.2 Å². The van der Waals surface area contributed by atoms with Gasteiger partial charge in [-0.25, -0.2) is 4.79 Å². The predicted molar refractivity (Wildman–Crippen MR) is 107 cm³/mol. The molecule has 0 unspecified atom stereocenters. The zero-order chi connectivity index (χ0) is 20.1.